The zero-order valence-corrected chi connectivity index (χ0v) is 54.6. The number of hydrogen-bond acceptors (Lipinski definition) is 15. The minimum Gasteiger partial charge on any atom is -0.366 e. The number of nitrogens with zero attached hydrogens (tertiary/aromatic N) is 6. The smallest absolute Gasteiger partial charge is 0.114 e. The molecule has 0 spiro atoms. The summed E-state index contributed by atoms with van der Waals surface area (Å²) >= 11 is 16.5. The number of benzene rings is 2. The van der Waals surface area contributed by atoms with E-state index in [2.05, 4.69) is 137 Å². The molecule has 2 aromatic carbocycles. The van der Waals surface area contributed by atoms with Gasteiger partial charge in [0.1, 0.15) is 22.1 Å². The first-order valence-electron chi connectivity index (χ1n) is 29.5. The lowest BCUT2D eigenvalue weighted by atomic mass is 9.65. The van der Waals surface area contributed by atoms with Gasteiger partial charge in [-0.25, -0.2) is 0 Å². The fraction of sp³-hybridized carbons (Fsp3) is 0.469. The van der Waals surface area contributed by atoms with Crippen molar-refractivity contribution in [2.24, 2.45) is 11.8 Å². The van der Waals surface area contributed by atoms with Crippen molar-refractivity contribution in [1.29, 1.82) is 0 Å². The van der Waals surface area contributed by atoms with Crippen LogP contribution in [0.4, 0.5) is 10.0 Å². The van der Waals surface area contributed by atoms with Crippen molar-refractivity contribution < 1.29 is 0 Å². The van der Waals surface area contributed by atoms with Crippen molar-refractivity contribution in [1.82, 2.24) is 17.5 Å². The van der Waals surface area contributed by atoms with Crippen LogP contribution >= 0.6 is 103 Å². The molecule has 0 amide bonds. The summed E-state index contributed by atoms with van der Waals surface area (Å²) in [5, 5.41) is 2.77. The standard InChI is InChI=1S/C64H74N6S9/c1-9-16-21-38(14-6)36-64(37-39(15-7)22-17-10-2)44-30-45(40-23-24-41(58-57(40)65-78-66-58)46-31-49-51(71-46)34-54(73-49)69(8)27-18-11-3)75-61(44)63-56(64)62-53(77-63)33-48(76-62)43-26-25-42(59-60(43)68-79-67-59)47-32-50-52(72-47)35-55(74-50)70(28-19-12-4)29-20-13-5/h23-26,30-35,38-39H,9-22,27-29,36-37H2,1-8H3. The highest BCUT2D eigenvalue weighted by molar-refractivity contribution is 7.34. The minimum atomic E-state index is -0.0789. The third kappa shape index (κ3) is 10.5. The van der Waals surface area contributed by atoms with Crippen molar-refractivity contribution in [3.63, 3.8) is 0 Å². The van der Waals surface area contributed by atoms with E-state index in [9.17, 15) is 0 Å². The van der Waals surface area contributed by atoms with E-state index in [0.717, 1.165) is 41.7 Å². The Morgan fingerprint density at radius 3 is 1.38 bits per heavy atom. The van der Waals surface area contributed by atoms with Gasteiger partial charge in [0.25, 0.3) is 0 Å². The molecule has 2 atom stereocenters. The second kappa shape index (κ2) is 24.3. The van der Waals surface area contributed by atoms with Crippen LogP contribution in [0.2, 0.25) is 0 Å². The Kier molecular flexibility index (Phi) is 17.2. The lowest BCUT2D eigenvalue weighted by molar-refractivity contribution is 0.268. The molecule has 1 aliphatic rings. The Labute approximate surface area is 504 Å². The topological polar surface area (TPSA) is 58.0 Å². The molecule has 0 radical (unpaired) electrons. The minimum absolute atomic E-state index is 0.0789. The Morgan fingerprint density at radius 2 is 0.886 bits per heavy atom. The predicted molar refractivity (Wildman–Crippen MR) is 360 cm³/mol. The van der Waals surface area contributed by atoms with E-state index in [-0.39, 0.29) is 5.41 Å². The van der Waals surface area contributed by atoms with Gasteiger partial charge in [-0.1, -0.05) is 143 Å². The lowest BCUT2D eigenvalue weighted by Crippen LogP contribution is -2.31. The van der Waals surface area contributed by atoms with Crippen LogP contribution in [0.3, 0.4) is 0 Å². The first kappa shape index (κ1) is 55.9. The molecule has 9 aromatic heterocycles. The molecule has 0 saturated carbocycles. The summed E-state index contributed by atoms with van der Waals surface area (Å²) in [7, 11) is 2.23. The van der Waals surface area contributed by atoms with Gasteiger partial charge in [-0.3, -0.25) is 0 Å². The van der Waals surface area contributed by atoms with Gasteiger partial charge in [-0.05, 0) is 85.9 Å². The monoisotopic (exact) mass is 1210 g/mol. The molecule has 2 unspecified atom stereocenters. The lowest BCUT2D eigenvalue weighted by Gasteiger charge is -2.38. The molecule has 0 saturated heterocycles. The molecule has 0 bridgehead atoms. The third-order valence-electron chi connectivity index (χ3n) is 17.0. The quantitative estimate of drug-likeness (QED) is 0.0511. The number of anilines is 2. The van der Waals surface area contributed by atoms with Crippen LogP contribution in [-0.2, 0) is 5.41 Å². The molecule has 1 aliphatic carbocycles. The van der Waals surface area contributed by atoms with Crippen LogP contribution in [0.5, 0.6) is 0 Å². The second-order valence-electron chi connectivity index (χ2n) is 22.3. The number of unbranched alkanes of at least 4 members (excludes halogenated alkanes) is 5. The van der Waals surface area contributed by atoms with Crippen molar-refractivity contribution in [2.75, 3.05) is 36.5 Å². The molecule has 79 heavy (non-hydrogen) atoms. The Bertz CT molecular complexity index is 3770. The highest BCUT2D eigenvalue weighted by Gasteiger charge is 2.49. The average molecular weight is 1220 g/mol. The van der Waals surface area contributed by atoms with Gasteiger partial charge in [0.05, 0.1) is 43.0 Å². The fourth-order valence-corrected chi connectivity index (χ4v) is 22.8. The third-order valence-corrected chi connectivity index (χ3v) is 26.7. The summed E-state index contributed by atoms with van der Waals surface area (Å²) in [5.74, 6) is 1.30. The number of rotatable bonds is 27. The molecule has 6 nitrogen and oxygen atoms in total. The van der Waals surface area contributed by atoms with E-state index in [4.69, 9.17) is 17.5 Å². The first-order chi connectivity index (χ1) is 38.7. The van der Waals surface area contributed by atoms with Gasteiger partial charge in [0.15, 0.2) is 0 Å². The van der Waals surface area contributed by atoms with Crippen molar-refractivity contribution in [3.05, 3.63) is 71.8 Å². The van der Waals surface area contributed by atoms with Crippen molar-refractivity contribution in [3.8, 4) is 51.5 Å². The summed E-state index contributed by atoms with van der Waals surface area (Å²) in [6, 6.07) is 24.3. The van der Waals surface area contributed by atoms with E-state index in [0.29, 0.717) is 11.8 Å². The van der Waals surface area contributed by atoms with Crippen LogP contribution in [0, 0.1) is 11.8 Å². The molecule has 15 heteroatoms. The number of thiophene rings is 7. The predicted octanol–water partition coefficient (Wildman–Crippen LogP) is 23.4. The molecular formula is C64H74N6S9. The summed E-state index contributed by atoms with van der Waals surface area (Å²) in [4.78, 5) is 13.3. The van der Waals surface area contributed by atoms with Gasteiger partial charge in [0.2, 0.25) is 0 Å². The summed E-state index contributed by atoms with van der Waals surface area (Å²) in [6.07, 6.45) is 19.8. The second-order valence-corrected chi connectivity index (χ2v) is 30.9. The van der Waals surface area contributed by atoms with Gasteiger partial charge in [-0.15, -0.1) is 79.4 Å². The van der Waals surface area contributed by atoms with Crippen molar-refractivity contribution in [2.45, 2.75) is 157 Å². The molecule has 11 aromatic rings. The first-order valence-corrected chi connectivity index (χ1v) is 36.6. The highest BCUT2D eigenvalue weighted by atomic mass is 32.1. The molecule has 414 valence electrons. The molecule has 9 heterocycles. The van der Waals surface area contributed by atoms with Crippen LogP contribution in [0.15, 0.2) is 60.7 Å². The summed E-state index contributed by atoms with van der Waals surface area (Å²) in [6.45, 7) is 19.9. The number of aromatic nitrogens is 4. The maximum atomic E-state index is 5.11. The molecular weight excluding hydrogens is 1140 g/mol. The van der Waals surface area contributed by atoms with Crippen molar-refractivity contribution >= 4 is 163 Å². The maximum Gasteiger partial charge on any atom is 0.114 e. The zero-order valence-electron chi connectivity index (χ0n) is 47.2. The van der Waals surface area contributed by atoms with E-state index in [1.54, 1.807) is 11.1 Å². The fourth-order valence-electron chi connectivity index (χ4n) is 12.5. The largest absolute Gasteiger partial charge is 0.366 e. The van der Waals surface area contributed by atoms with Crippen LogP contribution in [0.25, 0.3) is 102 Å². The van der Waals surface area contributed by atoms with Crippen LogP contribution < -0.4 is 9.80 Å². The Balaban J connectivity index is 0.938. The normalized spacial score (nSPS) is 15.2. The maximum absolute atomic E-state index is 5.11. The number of hydrogen-bond donors (Lipinski definition) is 0. The molecule has 0 aliphatic heterocycles. The average Bonchev–Trinajstić information content (AvgIpc) is 3.55. The summed E-state index contributed by atoms with van der Waals surface area (Å²) in [5.41, 5.74) is 12.1. The number of fused-ring (bicyclic) bond motifs is 9. The van der Waals surface area contributed by atoms with Crippen LogP contribution in [-0.4, -0.2) is 44.2 Å². The van der Waals surface area contributed by atoms with Gasteiger partial charge in [-0.2, -0.15) is 17.5 Å². The van der Waals surface area contributed by atoms with Gasteiger partial charge < -0.3 is 9.80 Å². The summed E-state index contributed by atoms with van der Waals surface area (Å²) < 4.78 is 28.7. The van der Waals surface area contributed by atoms with E-state index in [1.165, 1.54) is 216 Å². The Hall–Kier alpha value is -3.64. The SMILES string of the molecule is CCCCC(CC)CC1(CC(CC)CCCC)c2cc(-c3ccc(-c4cc5sc(N(C)CCCC)cc5s4)c4nsnc34)sc2-c2sc3cc(-c4ccc(-c5cc6sc(N(CCCC)CCCC)cc6s5)c5nsnc45)sc3c21. The Morgan fingerprint density at radius 1 is 0.443 bits per heavy atom. The van der Waals surface area contributed by atoms with Gasteiger partial charge >= 0.3 is 0 Å². The zero-order chi connectivity index (χ0) is 54.4. The molecule has 0 fully saturated rings. The molecule has 0 N–H and O–H groups in total. The van der Waals surface area contributed by atoms with E-state index in [1.807, 2.05) is 68.0 Å². The van der Waals surface area contributed by atoms with Gasteiger partial charge in [0, 0.05) is 108 Å². The molecule has 12 rings (SSSR count). The van der Waals surface area contributed by atoms with E-state index < -0.39 is 0 Å². The van der Waals surface area contributed by atoms with Crippen LogP contribution in [0.1, 0.15) is 162 Å². The highest BCUT2D eigenvalue weighted by Crippen LogP contribution is 2.65. The van der Waals surface area contributed by atoms with E-state index >= 15 is 0 Å².